The van der Waals surface area contributed by atoms with E-state index in [0.29, 0.717) is 5.02 Å². The van der Waals surface area contributed by atoms with Crippen LogP contribution >= 0.6 is 23.2 Å². The quantitative estimate of drug-likeness (QED) is 0.865. The molecule has 0 aliphatic heterocycles. The number of hydrogen-bond donors (Lipinski definition) is 2. The molecule has 1 atom stereocenters. The van der Waals surface area contributed by atoms with Crippen LogP contribution in [0, 0.1) is 0 Å². The van der Waals surface area contributed by atoms with E-state index < -0.39 is 5.91 Å². The Hall–Kier alpha value is -2.04. The summed E-state index contributed by atoms with van der Waals surface area (Å²) in [5, 5.41) is 6.05. The van der Waals surface area contributed by atoms with Gasteiger partial charge in [0.15, 0.2) is 0 Å². The Balaban J connectivity index is 1.88. The van der Waals surface area contributed by atoms with Crippen molar-refractivity contribution in [3.05, 3.63) is 69.7 Å². The first kappa shape index (κ1) is 17.3. The monoisotopic (exact) mass is 350 g/mol. The number of rotatable bonds is 5. The van der Waals surface area contributed by atoms with E-state index in [0.717, 1.165) is 5.56 Å². The van der Waals surface area contributed by atoms with Crippen molar-refractivity contribution in [2.45, 2.75) is 13.0 Å². The molecule has 0 aliphatic carbocycles. The molecule has 0 saturated heterocycles. The third-order valence-corrected chi connectivity index (χ3v) is 3.81. The Bertz CT molecular complexity index is 705. The van der Waals surface area contributed by atoms with Crippen LogP contribution in [0.3, 0.4) is 0 Å². The molecule has 2 rings (SSSR count). The van der Waals surface area contributed by atoms with Crippen molar-refractivity contribution >= 4 is 35.0 Å². The van der Waals surface area contributed by atoms with Crippen LogP contribution in [0.15, 0.2) is 48.5 Å². The van der Waals surface area contributed by atoms with Gasteiger partial charge in [0, 0.05) is 5.02 Å². The van der Waals surface area contributed by atoms with E-state index in [9.17, 15) is 9.59 Å². The van der Waals surface area contributed by atoms with E-state index in [4.69, 9.17) is 23.2 Å². The van der Waals surface area contributed by atoms with Crippen LogP contribution in [-0.2, 0) is 4.79 Å². The Labute approximate surface area is 144 Å². The lowest BCUT2D eigenvalue weighted by atomic mass is 10.1. The highest BCUT2D eigenvalue weighted by molar-refractivity contribution is 6.36. The van der Waals surface area contributed by atoms with E-state index in [1.807, 2.05) is 37.3 Å². The Morgan fingerprint density at radius 2 is 1.78 bits per heavy atom. The minimum absolute atomic E-state index is 0.130. The third kappa shape index (κ3) is 4.98. The molecule has 0 radical (unpaired) electrons. The maximum absolute atomic E-state index is 12.0. The summed E-state index contributed by atoms with van der Waals surface area (Å²) in [6, 6.07) is 14.0. The van der Waals surface area contributed by atoms with Crippen LogP contribution in [0.5, 0.6) is 0 Å². The molecule has 2 amide bonds. The van der Waals surface area contributed by atoms with Crippen molar-refractivity contribution in [2.24, 2.45) is 0 Å². The number of carbonyl (C=O) groups is 2. The fraction of sp³-hybridized carbons (Fsp3) is 0.176. The lowest BCUT2D eigenvalue weighted by molar-refractivity contribution is -0.120. The van der Waals surface area contributed by atoms with E-state index in [1.54, 1.807) is 6.07 Å². The number of benzene rings is 2. The van der Waals surface area contributed by atoms with Gasteiger partial charge in [0.2, 0.25) is 5.91 Å². The summed E-state index contributed by atoms with van der Waals surface area (Å²) < 4.78 is 0. The fourth-order valence-electron chi connectivity index (χ4n) is 2.05. The number of amides is 2. The Morgan fingerprint density at radius 1 is 1.09 bits per heavy atom. The lowest BCUT2D eigenvalue weighted by Crippen LogP contribution is -2.38. The van der Waals surface area contributed by atoms with Crippen molar-refractivity contribution in [1.29, 1.82) is 0 Å². The number of carbonyl (C=O) groups excluding carboxylic acids is 2. The maximum Gasteiger partial charge on any atom is 0.253 e. The zero-order valence-electron chi connectivity index (χ0n) is 12.5. The van der Waals surface area contributed by atoms with Crippen molar-refractivity contribution in [3.63, 3.8) is 0 Å². The van der Waals surface area contributed by atoms with Crippen molar-refractivity contribution in [2.75, 3.05) is 6.54 Å². The molecule has 0 aliphatic rings. The van der Waals surface area contributed by atoms with E-state index in [2.05, 4.69) is 10.6 Å². The van der Waals surface area contributed by atoms with E-state index >= 15 is 0 Å². The minimum Gasteiger partial charge on any atom is -0.348 e. The van der Waals surface area contributed by atoms with Gasteiger partial charge in [-0.2, -0.15) is 0 Å². The maximum atomic E-state index is 12.0. The molecule has 1 unspecified atom stereocenters. The van der Waals surface area contributed by atoms with Gasteiger partial charge < -0.3 is 10.6 Å². The second-order valence-corrected chi connectivity index (χ2v) is 5.85. The molecular formula is C17H16Cl2N2O2. The summed E-state index contributed by atoms with van der Waals surface area (Å²) in [5.41, 5.74) is 1.27. The number of halogens is 2. The van der Waals surface area contributed by atoms with Crippen molar-refractivity contribution in [1.82, 2.24) is 10.6 Å². The first-order chi connectivity index (χ1) is 11.0. The van der Waals surface area contributed by atoms with Crippen LogP contribution in [-0.4, -0.2) is 18.4 Å². The molecule has 4 nitrogen and oxygen atoms in total. The third-order valence-electron chi connectivity index (χ3n) is 3.26. The molecule has 0 aromatic heterocycles. The highest BCUT2D eigenvalue weighted by Gasteiger charge is 2.13. The first-order valence-corrected chi connectivity index (χ1v) is 7.80. The van der Waals surface area contributed by atoms with Crippen LogP contribution in [0.2, 0.25) is 10.0 Å². The van der Waals surface area contributed by atoms with Gasteiger partial charge in [-0.3, -0.25) is 9.59 Å². The second-order valence-electron chi connectivity index (χ2n) is 5.01. The molecule has 0 heterocycles. The highest BCUT2D eigenvalue weighted by Crippen LogP contribution is 2.20. The van der Waals surface area contributed by atoms with Gasteiger partial charge in [0.25, 0.3) is 5.91 Å². The molecule has 0 bridgehead atoms. The van der Waals surface area contributed by atoms with Crippen LogP contribution in [0.4, 0.5) is 0 Å². The molecule has 120 valence electrons. The SMILES string of the molecule is CC(NC(=O)CNC(=O)c1ccc(Cl)cc1Cl)c1ccccc1. The van der Waals surface area contributed by atoms with Crippen molar-refractivity contribution < 1.29 is 9.59 Å². The predicted molar refractivity (Wildman–Crippen MR) is 91.8 cm³/mol. The molecule has 0 saturated carbocycles. The van der Waals surface area contributed by atoms with Gasteiger partial charge in [-0.25, -0.2) is 0 Å². The summed E-state index contributed by atoms with van der Waals surface area (Å²) in [6.45, 7) is 1.75. The fourth-order valence-corrected chi connectivity index (χ4v) is 2.54. The molecule has 0 spiro atoms. The van der Waals surface area contributed by atoms with Gasteiger partial charge in [0.1, 0.15) is 0 Å². The lowest BCUT2D eigenvalue weighted by Gasteiger charge is -2.14. The standard InChI is InChI=1S/C17H16Cl2N2O2/c1-11(12-5-3-2-4-6-12)21-16(22)10-20-17(23)14-8-7-13(18)9-15(14)19/h2-9,11H,10H2,1H3,(H,20,23)(H,21,22). The van der Waals surface area contributed by atoms with Gasteiger partial charge in [-0.15, -0.1) is 0 Å². The van der Waals surface area contributed by atoms with Gasteiger partial charge in [-0.1, -0.05) is 53.5 Å². The normalized spacial score (nSPS) is 11.6. The van der Waals surface area contributed by atoms with Crippen LogP contribution in [0.25, 0.3) is 0 Å². The summed E-state index contributed by atoms with van der Waals surface area (Å²) in [6.07, 6.45) is 0. The minimum atomic E-state index is -0.422. The summed E-state index contributed by atoms with van der Waals surface area (Å²) >= 11 is 11.7. The summed E-state index contributed by atoms with van der Waals surface area (Å²) in [5.74, 6) is -0.700. The topological polar surface area (TPSA) is 58.2 Å². The summed E-state index contributed by atoms with van der Waals surface area (Å²) in [4.78, 5) is 23.9. The predicted octanol–water partition coefficient (Wildman–Crippen LogP) is 3.60. The highest BCUT2D eigenvalue weighted by atomic mass is 35.5. The van der Waals surface area contributed by atoms with Gasteiger partial charge >= 0.3 is 0 Å². The molecule has 2 N–H and O–H groups in total. The second kappa shape index (κ2) is 7.99. The van der Waals surface area contributed by atoms with Crippen LogP contribution < -0.4 is 10.6 Å². The number of hydrogen-bond acceptors (Lipinski definition) is 2. The zero-order chi connectivity index (χ0) is 16.8. The van der Waals surface area contributed by atoms with Gasteiger partial charge in [-0.05, 0) is 30.7 Å². The van der Waals surface area contributed by atoms with E-state index in [1.165, 1.54) is 12.1 Å². The average molecular weight is 351 g/mol. The zero-order valence-corrected chi connectivity index (χ0v) is 14.0. The average Bonchev–Trinajstić information content (AvgIpc) is 2.53. The molecule has 2 aromatic rings. The molecule has 23 heavy (non-hydrogen) atoms. The summed E-state index contributed by atoms with van der Waals surface area (Å²) in [7, 11) is 0. The number of nitrogens with one attached hydrogen (secondary N) is 2. The molecule has 2 aromatic carbocycles. The first-order valence-electron chi connectivity index (χ1n) is 7.05. The molecule has 6 heteroatoms. The van der Waals surface area contributed by atoms with Crippen LogP contribution in [0.1, 0.15) is 28.9 Å². The Kier molecular flexibility index (Phi) is 6.02. The van der Waals surface area contributed by atoms with E-state index in [-0.39, 0.29) is 29.1 Å². The largest absolute Gasteiger partial charge is 0.348 e. The molecule has 0 fully saturated rings. The Morgan fingerprint density at radius 3 is 2.43 bits per heavy atom. The van der Waals surface area contributed by atoms with Gasteiger partial charge in [0.05, 0.1) is 23.2 Å². The van der Waals surface area contributed by atoms with Crippen molar-refractivity contribution in [3.8, 4) is 0 Å². The smallest absolute Gasteiger partial charge is 0.253 e. The molecular weight excluding hydrogens is 335 g/mol.